The topological polar surface area (TPSA) is 84.5 Å². The molecule has 6 nitrogen and oxygen atoms in total. The molecule has 0 aliphatic rings. The van der Waals surface area contributed by atoms with E-state index in [4.69, 9.17) is 4.74 Å². The normalized spacial score (nSPS) is 11.7. The first kappa shape index (κ1) is 15.6. The van der Waals surface area contributed by atoms with Crippen molar-refractivity contribution in [3.8, 4) is 0 Å². The highest BCUT2D eigenvalue weighted by Crippen LogP contribution is 1.93. The maximum Gasteiger partial charge on any atom is 0.303 e. The maximum atomic E-state index is 11.4. The summed E-state index contributed by atoms with van der Waals surface area (Å²) in [6.07, 6.45) is 0.211. The van der Waals surface area contributed by atoms with Crippen LogP contribution in [-0.2, 0) is 19.1 Å². The molecule has 0 aliphatic heterocycles. The Labute approximate surface area is 101 Å². The number of ether oxygens (including phenoxy) is 1. The van der Waals surface area contributed by atoms with Crippen LogP contribution >= 0.6 is 0 Å². The maximum absolute atomic E-state index is 11.4. The lowest BCUT2D eigenvalue weighted by molar-refractivity contribution is -0.152. The van der Waals surface area contributed by atoms with Crippen LogP contribution in [0.1, 0.15) is 26.7 Å². The summed E-state index contributed by atoms with van der Waals surface area (Å²) in [7, 11) is 1.71. The lowest BCUT2D eigenvalue weighted by atomic mass is 10.2. The SMILES string of the molecule is CNCC(=O)CCCNC(=O)[C@H](C)OC(C)=O. The average molecular weight is 244 g/mol. The highest BCUT2D eigenvalue weighted by atomic mass is 16.5. The van der Waals surface area contributed by atoms with E-state index in [1.807, 2.05) is 0 Å². The molecule has 0 spiro atoms. The van der Waals surface area contributed by atoms with Crippen LogP contribution in [0.5, 0.6) is 0 Å². The molecule has 0 saturated heterocycles. The molecule has 0 unspecified atom stereocenters. The highest BCUT2D eigenvalue weighted by Gasteiger charge is 2.14. The molecule has 98 valence electrons. The zero-order valence-electron chi connectivity index (χ0n) is 10.5. The molecule has 0 rings (SSSR count). The summed E-state index contributed by atoms with van der Waals surface area (Å²) in [5, 5.41) is 5.36. The van der Waals surface area contributed by atoms with E-state index >= 15 is 0 Å². The quantitative estimate of drug-likeness (QED) is 0.449. The van der Waals surface area contributed by atoms with Crippen molar-refractivity contribution in [3.05, 3.63) is 0 Å². The van der Waals surface area contributed by atoms with Gasteiger partial charge in [0.25, 0.3) is 5.91 Å². The van der Waals surface area contributed by atoms with Crippen molar-refractivity contribution in [1.82, 2.24) is 10.6 Å². The van der Waals surface area contributed by atoms with Crippen LogP contribution in [0.2, 0.25) is 0 Å². The molecule has 1 atom stereocenters. The number of hydrogen-bond donors (Lipinski definition) is 2. The van der Waals surface area contributed by atoms with Gasteiger partial charge in [-0.25, -0.2) is 0 Å². The molecule has 1 amide bonds. The first-order valence-corrected chi connectivity index (χ1v) is 5.58. The van der Waals surface area contributed by atoms with Crippen molar-refractivity contribution >= 4 is 17.7 Å². The second-order valence-corrected chi connectivity index (χ2v) is 3.72. The molecule has 0 bridgehead atoms. The van der Waals surface area contributed by atoms with Crippen LogP contribution in [0, 0.1) is 0 Å². The fraction of sp³-hybridized carbons (Fsp3) is 0.727. The van der Waals surface area contributed by atoms with Gasteiger partial charge in [-0.05, 0) is 20.4 Å². The summed E-state index contributed by atoms with van der Waals surface area (Å²) >= 11 is 0. The molecule has 0 saturated carbocycles. The van der Waals surface area contributed by atoms with Gasteiger partial charge < -0.3 is 15.4 Å². The Morgan fingerprint density at radius 2 is 1.94 bits per heavy atom. The number of esters is 1. The Morgan fingerprint density at radius 1 is 1.29 bits per heavy atom. The lowest BCUT2D eigenvalue weighted by Gasteiger charge is -2.11. The zero-order valence-corrected chi connectivity index (χ0v) is 10.5. The molecular weight excluding hydrogens is 224 g/mol. The van der Waals surface area contributed by atoms with E-state index in [9.17, 15) is 14.4 Å². The van der Waals surface area contributed by atoms with Gasteiger partial charge in [-0.2, -0.15) is 0 Å². The Balaban J connectivity index is 3.64. The molecular formula is C11H20N2O4. The van der Waals surface area contributed by atoms with E-state index in [1.165, 1.54) is 13.8 Å². The molecule has 2 N–H and O–H groups in total. The summed E-state index contributed by atoms with van der Waals surface area (Å²) in [5.74, 6) is -0.729. The molecule has 0 aromatic carbocycles. The summed E-state index contributed by atoms with van der Waals surface area (Å²) < 4.78 is 4.70. The fourth-order valence-electron chi connectivity index (χ4n) is 1.23. The van der Waals surface area contributed by atoms with Crippen molar-refractivity contribution in [2.75, 3.05) is 20.1 Å². The van der Waals surface area contributed by atoms with Crippen molar-refractivity contribution in [2.24, 2.45) is 0 Å². The molecule has 0 aliphatic carbocycles. The standard InChI is InChI=1S/C11H20N2O4/c1-8(17-9(2)14)11(16)13-6-4-5-10(15)7-12-3/h8,12H,4-7H2,1-3H3,(H,13,16)/t8-/m0/s1. The van der Waals surface area contributed by atoms with Gasteiger partial charge in [-0.1, -0.05) is 0 Å². The Morgan fingerprint density at radius 3 is 2.47 bits per heavy atom. The number of rotatable bonds is 8. The molecule has 0 aromatic rings. The Bertz CT molecular complexity index is 279. The van der Waals surface area contributed by atoms with Gasteiger partial charge in [-0.15, -0.1) is 0 Å². The van der Waals surface area contributed by atoms with Crippen molar-refractivity contribution in [2.45, 2.75) is 32.8 Å². The third-order valence-electron chi connectivity index (χ3n) is 2.02. The number of likely N-dealkylation sites (N-methyl/N-ethyl adjacent to an activating group) is 1. The van der Waals surface area contributed by atoms with E-state index < -0.39 is 12.1 Å². The van der Waals surface area contributed by atoms with Gasteiger partial charge in [0.15, 0.2) is 6.10 Å². The number of nitrogens with one attached hydrogen (secondary N) is 2. The fourth-order valence-corrected chi connectivity index (χ4v) is 1.23. The number of ketones is 1. The largest absolute Gasteiger partial charge is 0.453 e. The smallest absolute Gasteiger partial charge is 0.303 e. The van der Waals surface area contributed by atoms with Gasteiger partial charge in [0.2, 0.25) is 0 Å². The zero-order chi connectivity index (χ0) is 13.3. The number of hydrogen-bond acceptors (Lipinski definition) is 5. The van der Waals surface area contributed by atoms with Crippen molar-refractivity contribution < 1.29 is 19.1 Å². The van der Waals surface area contributed by atoms with E-state index in [0.29, 0.717) is 25.9 Å². The lowest BCUT2D eigenvalue weighted by Crippen LogP contribution is -2.36. The molecule has 0 fully saturated rings. The van der Waals surface area contributed by atoms with Crippen molar-refractivity contribution in [1.29, 1.82) is 0 Å². The van der Waals surface area contributed by atoms with E-state index in [-0.39, 0.29) is 11.7 Å². The number of amides is 1. The third kappa shape index (κ3) is 8.38. The van der Waals surface area contributed by atoms with Gasteiger partial charge in [0, 0.05) is 19.9 Å². The summed E-state index contributed by atoms with van der Waals surface area (Å²) in [4.78, 5) is 33.1. The molecule has 0 aromatic heterocycles. The number of carbonyl (C=O) groups excluding carboxylic acids is 3. The van der Waals surface area contributed by atoms with Gasteiger partial charge in [0.05, 0.1) is 6.54 Å². The number of carbonyl (C=O) groups is 3. The van der Waals surface area contributed by atoms with E-state index in [1.54, 1.807) is 7.05 Å². The monoisotopic (exact) mass is 244 g/mol. The van der Waals surface area contributed by atoms with Gasteiger partial charge in [0.1, 0.15) is 5.78 Å². The molecule has 6 heteroatoms. The summed E-state index contributed by atoms with van der Waals surface area (Å²) in [6, 6.07) is 0. The minimum Gasteiger partial charge on any atom is -0.453 e. The predicted molar refractivity (Wildman–Crippen MR) is 62.4 cm³/mol. The first-order chi connectivity index (χ1) is 7.97. The van der Waals surface area contributed by atoms with Crippen LogP contribution in [0.15, 0.2) is 0 Å². The van der Waals surface area contributed by atoms with Crippen LogP contribution in [0.25, 0.3) is 0 Å². The first-order valence-electron chi connectivity index (χ1n) is 5.58. The molecule has 0 heterocycles. The van der Waals surface area contributed by atoms with E-state index in [0.717, 1.165) is 0 Å². The number of Topliss-reactive ketones (excluding diaryl/α,β-unsaturated/α-hetero) is 1. The van der Waals surface area contributed by atoms with Crippen molar-refractivity contribution in [3.63, 3.8) is 0 Å². The van der Waals surface area contributed by atoms with E-state index in [2.05, 4.69) is 10.6 Å². The Kier molecular flexibility index (Phi) is 7.96. The minimum atomic E-state index is -0.791. The second kappa shape index (κ2) is 8.69. The second-order valence-electron chi connectivity index (χ2n) is 3.72. The van der Waals surface area contributed by atoms with Crippen LogP contribution in [0.4, 0.5) is 0 Å². The average Bonchev–Trinajstić information content (AvgIpc) is 2.23. The highest BCUT2D eigenvalue weighted by molar-refractivity contribution is 5.83. The third-order valence-corrected chi connectivity index (χ3v) is 2.02. The molecule has 17 heavy (non-hydrogen) atoms. The predicted octanol–water partition coefficient (Wildman–Crippen LogP) is -0.377. The van der Waals surface area contributed by atoms with Gasteiger partial charge in [-0.3, -0.25) is 14.4 Å². The van der Waals surface area contributed by atoms with Crippen LogP contribution in [-0.4, -0.2) is 43.9 Å². The molecule has 0 radical (unpaired) electrons. The van der Waals surface area contributed by atoms with Crippen LogP contribution in [0.3, 0.4) is 0 Å². The summed E-state index contributed by atoms with van der Waals surface area (Å²) in [6.45, 7) is 3.50. The summed E-state index contributed by atoms with van der Waals surface area (Å²) in [5.41, 5.74) is 0. The minimum absolute atomic E-state index is 0.106. The van der Waals surface area contributed by atoms with Gasteiger partial charge >= 0.3 is 5.97 Å². The Hall–Kier alpha value is -1.43. The van der Waals surface area contributed by atoms with Crippen LogP contribution < -0.4 is 10.6 Å².